The van der Waals surface area contributed by atoms with Crippen molar-refractivity contribution in [1.82, 2.24) is 5.32 Å². The molecular weight excluding hydrogens is 112 g/mol. The van der Waals surface area contributed by atoms with Gasteiger partial charge in [-0.2, -0.15) is 0 Å². The molecule has 0 fully saturated rings. The van der Waals surface area contributed by atoms with Gasteiger partial charge in [0.05, 0.1) is 6.67 Å². The van der Waals surface area contributed by atoms with E-state index in [0.717, 1.165) is 6.67 Å². The standard InChI is InChI=1S/C7H10N2/c1-2-6-4-8-5-9-7(6)3-1/h1-2,4,6-7,9H,3,5H2. The van der Waals surface area contributed by atoms with Crippen LogP contribution in [0.2, 0.25) is 0 Å². The number of aliphatic imine (C=N–C) groups is 1. The van der Waals surface area contributed by atoms with Crippen molar-refractivity contribution in [2.75, 3.05) is 6.67 Å². The molecule has 1 aliphatic carbocycles. The molecule has 9 heavy (non-hydrogen) atoms. The highest BCUT2D eigenvalue weighted by atomic mass is 15.1. The molecule has 1 aliphatic heterocycles. The first kappa shape index (κ1) is 5.18. The second kappa shape index (κ2) is 1.95. The van der Waals surface area contributed by atoms with Crippen molar-refractivity contribution in [3.05, 3.63) is 12.2 Å². The number of hydrogen-bond donors (Lipinski definition) is 1. The van der Waals surface area contributed by atoms with E-state index < -0.39 is 0 Å². The third-order valence-electron chi connectivity index (χ3n) is 1.94. The van der Waals surface area contributed by atoms with Crippen LogP contribution in [0.15, 0.2) is 17.1 Å². The van der Waals surface area contributed by atoms with Crippen molar-refractivity contribution in [3.8, 4) is 0 Å². The minimum Gasteiger partial charge on any atom is -0.294 e. The van der Waals surface area contributed by atoms with Crippen LogP contribution < -0.4 is 5.32 Å². The van der Waals surface area contributed by atoms with E-state index in [2.05, 4.69) is 22.5 Å². The van der Waals surface area contributed by atoms with Gasteiger partial charge in [0.1, 0.15) is 0 Å². The van der Waals surface area contributed by atoms with E-state index in [9.17, 15) is 0 Å². The first-order valence-corrected chi connectivity index (χ1v) is 3.37. The lowest BCUT2D eigenvalue weighted by molar-refractivity contribution is 0.489. The first-order chi connectivity index (χ1) is 4.47. The summed E-state index contributed by atoms with van der Waals surface area (Å²) in [5.41, 5.74) is 0. The van der Waals surface area contributed by atoms with Crippen LogP contribution in [0.5, 0.6) is 0 Å². The Bertz CT molecular complexity index is 160. The van der Waals surface area contributed by atoms with E-state index >= 15 is 0 Å². The fourth-order valence-electron chi connectivity index (χ4n) is 1.39. The summed E-state index contributed by atoms with van der Waals surface area (Å²) in [6.07, 6.45) is 7.67. The van der Waals surface area contributed by atoms with E-state index in [1.807, 2.05) is 6.21 Å². The lowest BCUT2D eigenvalue weighted by atomic mass is 10.0. The highest BCUT2D eigenvalue weighted by molar-refractivity contribution is 5.66. The summed E-state index contributed by atoms with van der Waals surface area (Å²) in [6.45, 7) is 0.808. The van der Waals surface area contributed by atoms with Gasteiger partial charge in [0.15, 0.2) is 0 Å². The number of nitrogens with zero attached hydrogens (tertiary/aromatic N) is 1. The van der Waals surface area contributed by atoms with Gasteiger partial charge in [-0.25, -0.2) is 0 Å². The molecule has 2 aliphatic rings. The van der Waals surface area contributed by atoms with E-state index in [0.29, 0.717) is 12.0 Å². The van der Waals surface area contributed by atoms with Crippen LogP contribution in [0.25, 0.3) is 0 Å². The summed E-state index contributed by atoms with van der Waals surface area (Å²) in [7, 11) is 0. The number of hydrogen-bond acceptors (Lipinski definition) is 2. The van der Waals surface area contributed by atoms with Crippen LogP contribution in [0.3, 0.4) is 0 Å². The second-order valence-electron chi connectivity index (χ2n) is 2.54. The van der Waals surface area contributed by atoms with Crippen molar-refractivity contribution >= 4 is 6.21 Å². The predicted octanol–water partition coefficient (Wildman–Crippen LogP) is 0.563. The number of nitrogens with one attached hydrogen (secondary N) is 1. The topological polar surface area (TPSA) is 24.4 Å². The monoisotopic (exact) mass is 122 g/mol. The van der Waals surface area contributed by atoms with Crippen molar-refractivity contribution in [1.29, 1.82) is 0 Å². The van der Waals surface area contributed by atoms with Gasteiger partial charge >= 0.3 is 0 Å². The molecule has 0 saturated heterocycles. The zero-order valence-electron chi connectivity index (χ0n) is 5.25. The number of fused-ring (bicyclic) bond motifs is 1. The third-order valence-corrected chi connectivity index (χ3v) is 1.94. The fourth-order valence-corrected chi connectivity index (χ4v) is 1.39. The molecule has 0 amide bonds. The normalized spacial score (nSPS) is 39.1. The quantitative estimate of drug-likeness (QED) is 0.466. The van der Waals surface area contributed by atoms with Gasteiger partial charge in [-0.15, -0.1) is 0 Å². The molecule has 2 rings (SSSR count). The Balaban J connectivity index is 2.17. The van der Waals surface area contributed by atoms with Gasteiger partial charge in [-0.05, 0) is 6.42 Å². The van der Waals surface area contributed by atoms with Gasteiger partial charge in [0.2, 0.25) is 0 Å². The zero-order valence-corrected chi connectivity index (χ0v) is 5.25. The molecular formula is C7H10N2. The minimum absolute atomic E-state index is 0.582. The summed E-state index contributed by atoms with van der Waals surface area (Å²) < 4.78 is 0. The van der Waals surface area contributed by atoms with Crippen molar-refractivity contribution in [2.45, 2.75) is 12.5 Å². The molecule has 1 N–H and O–H groups in total. The molecule has 0 spiro atoms. The maximum Gasteiger partial charge on any atom is 0.0883 e. The largest absolute Gasteiger partial charge is 0.294 e. The molecule has 0 aromatic rings. The molecule has 48 valence electrons. The Morgan fingerprint density at radius 2 is 2.56 bits per heavy atom. The molecule has 2 atom stereocenters. The van der Waals surface area contributed by atoms with Crippen molar-refractivity contribution in [3.63, 3.8) is 0 Å². The van der Waals surface area contributed by atoms with Crippen molar-refractivity contribution < 1.29 is 0 Å². The number of rotatable bonds is 0. The molecule has 0 aromatic heterocycles. The fraction of sp³-hybridized carbons (Fsp3) is 0.571. The molecule has 2 unspecified atom stereocenters. The Hall–Kier alpha value is -0.630. The van der Waals surface area contributed by atoms with Gasteiger partial charge in [0, 0.05) is 18.2 Å². The maximum atomic E-state index is 4.13. The highest BCUT2D eigenvalue weighted by Gasteiger charge is 2.21. The van der Waals surface area contributed by atoms with Crippen LogP contribution in [-0.4, -0.2) is 18.9 Å². The summed E-state index contributed by atoms with van der Waals surface area (Å²) >= 11 is 0. The lowest BCUT2D eigenvalue weighted by Gasteiger charge is -2.19. The minimum atomic E-state index is 0.582. The van der Waals surface area contributed by atoms with Crippen LogP contribution in [0, 0.1) is 5.92 Å². The lowest BCUT2D eigenvalue weighted by Crippen LogP contribution is -2.37. The SMILES string of the molecule is C1=CC2C=NCNC2C1. The van der Waals surface area contributed by atoms with Crippen molar-refractivity contribution in [2.24, 2.45) is 10.9 Å². The Labute approximate surface area is 54.7 Å². The van der Waals surface area contributed by atoms with E-state index in [1.54, 1.807) is 0 Å². The van der Waals surface area contributed by atoms with Crippen LogP contribution in [-0.2, 0) is 0 Å². The first-order valence-electron chi connectivity index (χ1n) is 3.37. The average molecular weight is 122 g/mol. The molecule has 0 aromatic carbocycles. The highest BCUT2D eigenvalue weighted by Crippen LogP contribution is 2.17. The summed E-state index contributed by atoms with van der Waals surface area (Å²) in [5.74, 6) is 0.582. The molecule has 0 radical (unpaired) electrons. The van der Waals surface area contributed by atoms with E-state index in [-0.39, 0.29) is 0 Å². The summed E-state index contributed by atoms with van der Waals surface area (Å²) in [5, 5.41) is 3.32. The molecule has 2 nitrogen and oxygen atoms in total. The Morgan fingerprint density at radius 1 is 1.56 bits per heavy atom. The van der Waals surface area contributed by atoms with E-state index in [1.165, 1.54) is 6.42 Å². The maximum absolute atomic E-state index is 4.13. The van der Waals surface area contributed by atoms with Gasteiger partial charge < -0.3 is 0 Å². The van der Waals surface area contributed by atoms with E-state index in [4.69, 9.17) is 0 Å². The van der Waals surface area contributed by atoms with Crippen LogP contribution in [0.4, 0.5) is 0 Å². The van der Waals surface area contributed by atoms with Gasteiger partial charge in [0.25, 0.3) is 0 Å². The molecule has 1 heterocycles. The summed E-state index contributed by atoms with van der Waals surface area (Å²) in [4.78, 5) is 4.13. The predicted molar refractivity (Wildman–Crippen MR) is 37.5 cm³/mol. The van der Waals surface area contributed by atoms with Gasteiger partial charge in [-0.3, -0.25) is 10.3 Å². The third kappa shape index (κ3) is 0.793. The summed E-state index contributed by atoms with van der Waals surface area (Å²) in [6, 6.07) is 0.655. The van der Waals surface area contributed by atoms with Crippen LogP contribution >= 0.6 is 0 Å². The van der Waals surface area contributed by atoms with Gasteiger partial charge in [-0.1, -0.05) is 12.2 Å². The Morgan fingerprint density at radius 3 is 3.44 bits per heavy atom. The molecule has 2 heteroatoms. The average Bonchev–Trinajstić information content (AvgIpc) is 2.33. The van der Waals surface area contributed by atoms with Crippen LogP contribution in [0.1, 0.15) is 6.42 Å². The smallest absolute Gasteiger partial charge is 0.0883 e. The Kier molecular flexibility index (Phi) is 1.12. The molecule has 0 bridgehead atoms. The second-order valence-corrected chi connectivity index (χ2v) is 2.54. The zero-order chi connectivity index (χ0) is 6.10. The molecule has 0 saturated carbocycles.